The lowest BCUT2D eigenvalue weighted by Crippen LogP contribution is -2.38. The topological polar surface area (TPSA) is 53.1 Å². The van der Waals surface area contributed by atoms with Crippen LogP contribution in [-0.2, 0) is 0 Å². The van der Waals surface area contributed by atoms with Crippen molar-refractivity contribution in [3.8, 4) is 0 Å². The molecule has 0 amide bonds. The molecular formula is C16H22BrN3. The van der Waals surface area contributed by atoms with E-state index in [-0.39, 0.29) is 5.84 Å². The molecule has 0 aromatic heterocycles. The van der Waals surface area contributed by atoms with Gasteiger partial charge in [0.1, 0.15) is 5.84 Å². The van der Waals surface area contributed by atoms with Gasteiger partial charge in [0.2, 0.25) is 0 Å². The third-order valence-corrected chi connectivity index (χ3v) is 5.75. The summed E-state index contributed by atoms with van der Waals surface area (Å²) in [4.78, 5) is 2.47. The highest BCUT2D eigenvalue weighted by molar-refractivity contribution is 9.10. The minimum Gasteiger partial charge on any atom is -0.384 e. The maximum Gasteiger partial charge on any atom is 0.123 e. The van der Waals surface area contributed by atoms with Gasteiger partial charge in [-0.25, -0.2) is 0 Å². The summed E-state index contributed by atoms with van der Waals surface area (Å²) in [6, 6.07) is 6.14. The molecule has 1 spiro atoms. The molecule has 0 unspecified atom stereocenters. The molecule has 4 heteroatoms. The van der Waals surface area contributed by atoms with Gasteiger partial charge < -0.3 is 10.6 Å². The fourth-order valence-electron chi connectivity index (χ4n) is 3.78. The van der Waals surface area contributed by atoms with E-state index >= 15 is 0 Å². The molecule has 1 aromatic carbocycles. The van der Waals surface area contributed by atoms with Gasteiger partial charge in [0, 0.05) is 28.8 Å². The minimum absolute atomic E-state index is 0.118. The first-order valence-electron chi connectivity index (χ1n) is 7.49. The molecular weight excluding hydrogens is 314 g/mol. The van der Waals surface area contributed by atoms with Crippen LogP contribution in [0.4, 0.5) is 5.69 Å². The molecule has 108 valence electrons. The van der Waals surface area contributed by atoms with Crippen LogP contribution >= 0.6 is 15.9 Å². The van der Waals surface area contributed by atoms with Gasteiger partial charge in [-0.15, -0.1) is 0 Å². The summed E-state index contributed by atoms with van der Waals surface area (Å²) in [5.74, 6) is 0.118. The van der Waals surface area contributed by atoms with Crippen molar-refractivity contribution >= 4 is 27.5 Å². The number of nitrogen functional groups attached to an aromatic ring is 1. The van der Waals surface area contributed by atoms with Crippen LogP contribution in [0.5, 0.6) is 0 Å². The lowest BCUT2D eigenvalue weighted by Gasteiger charge is -2.40. The molecule has 20 heavy (non-hydrogen) atoms. The summed E-state index contributed by atoms with van der Waals surface area (Å²) in [7, 11) is 0. The Hall–Kier alpha value is -1.03. The molecule has 0 radical (unpaired) electrons. The van der Waals surface area contributed by atoms with Crippen molar-refractivity contribution in [3.05, 3.63) is 28.2 Å². The van der Waals surface area contributed by atoms with Crippen LogP contribution in [0, 0.1) is 10.8 Å². The number of hydrogen-bond donors (Lipinski definition) is 2. The summed E-state index contributed by atoms with van der Waals surface area (Å²) < 4.78 is 0.920. The Morgan fingerprint density at radius 1 is 1.15 bits per heavy atom. The van der Waals surface area contributed by atoms with E-state index in [9.17, 15) is 0 Å². The monoisotopic (exact) mass is 335 g/mol. The Morgan fingerprint density at radius 2 is 1.80 bits per heavy atom. The summed E-state index contributed by atoms with van der Waals surface area (Å²) in [5, 5.41) is 7.53. The van der Waals surface area contributed by atoms with Crippen LogP contribution in [-0.4, -0.2) is 18.9 Å². The number of hydrogen-bond acceptors (Lipinski definition) is 2. The molecule has 1 aliphatic heterocycles. The average molecular weight is 336 g/mol. The molecule has 3 nitrogen and oxygen atoms in total. The highest BCUT2D eigenvalue weighted by Crippen LogP contribution is 2.46. The second-order valence-corrected chi connectivity index (χ2v) is 7.13. The Kier molecular flexibility index (Phi) is 3.76. The minimum atomic E-state index is 0.118. The van der Waals surface area contributed by atoms with Gasteiger partial charge in [-0.3, -0.25) is 5.41 Å². The lowest BCUT2D eigenvalue weighted by atomic mass is 9.77. The van der Waals surface area contributed by atoms with E-state index in [0.717, 1.165) is 23.1 Å². The number of nitrogens with two attached hydrogens (primary N) is 1. The third kappa shape index (κ3) is 2.58. The molecule has 2 fully saturated rings. The molecule has 2 aliphatic rings. The zero-order chi connectivity index (χ0) is 14.2. The number of amidine groups is 1. The summed E-state index contributed by atoms with van der Waals surface area (Å²) in [5.41, 5.74) is 8.24. The first kappa shape index (κ1) is 13.9. The van der Waals surface area contributed by atoms with Gasteiger partial charge in [-0.05, 0) is 65.2 Å². The highest BCUT2D eigenvalue weighted by Gasteiger charge is 2.36. The first-order valence-corrected chi connectivity index (χ1v) is 8.28. The number of piperidine rings is 1. The van der Waals surface area contributed by atoms with E-state index in [1.807, 2.05) is 6.07 Å². The van der Waals surface area contributed by atoms with Crippen molar-refractivity contribution in [2.45, 2.75) is 38.5 Å². The highest BCUT2D eigenvalue weighted by atomic mass is 79.9. The molecule has 3 N–H and O–H groups in total. The van der Waals surface area contributed by atoms with Crippen LogP contribution in [0.25, 0.3) is 0 Å². The lowest BCUT2D eigenvalue weighted by molar-refractivity contribution is 0.226. The first-order chi connectivity index (χ1) is 9.60. The summed E-state index contributed by atoms with van der Waals surface area (Å²) in [6.07, 6.45) is 8.40. The van der Waals surface area contributed by atoms with E-state index < -0.39 is 0 Å². The van der Waals surface area contributed by atoms with E-state index in [1.165, 1.54) is 44.2 Å². The van der Waals surface area contributed by atoms with E-state index in [1.54, 1.807) is 0 Å². The number of nitrogens with zero attached hydrogens (tertiary/aromatic N) is 1. The maximum atomic E-state index is 7.53. The molecule has 0 atom stereocenters. The quantitative estimate of drug-likeness (QED) is 0.636. The predicted molar refractivity (Wildman–Crippen MR) is 87.5 cm³/mol. The van der Waals surface area contributed by atoms with Crippen molar-refractivity contribution in [3.63, 3.8) is 0 Å². The van der Waals surface area contributed by atoms with Crippen molar-refractivity contribution in [2.75, 3.05) is 18.0 Å². The second-order valence-electron chi connectivity index (χ2n) is 6.27. The Balaban J connectivity index is 1.72. The van der Waals surface area contributed by atoms with Crippen LogP contribution in [0.1, 0.15) is 44.1 Å². The van der Waals surface area contributed by atoms with Gasteiger partial charge in [0.15, 0.2) is 0 Å². The van der Waals surface area contributed by atoms with Crippen molar-refractivity contribution < 1.29 is 0 Å². The Labute approximate surface area is 129 Å². The number of benzene rings is 1. The number of halogens is 1. The van der Waals surface area contributed by atoms with Crippen molar-refractivity contribution in [2.24, 2.45) is 11.1 Å². The molecule has 1 aliphatic carbocycles. The van der Waals surface area contributed by atoms with Crippen LogP contribution < -0.4 is 10.6 Å². The van der Waals surface area contributed by atoms with Crippen molar-refractivity contribution in [1.82, 2.24) is 0 Å². The zero-order valence-corrected chi connectivity index (χ0v) is 13.4. The SMILES string of the molecule is N=C(N)c1ccc(N2CCC3(CCCC3)CC2)cc1Br. The standard InChI is InChI=1S/C16H22BrN3/c17-14-11-12(3-4-13(14)15(18)19)20-9-7-16(8-10-20)5-1-2-6-16/h3-4,11H,1-2,5-10H2,(H3,18,19). The van der Waals surface area contributed by atoms with Gasteiger partial charge in [-0.1, -0.05) is 12.8 Å². The molecule has 1 heterocycles. The Bertz CT molecular complexity index is 510. The normalized spacial score (nSPS) is 21.4. The summed E-state index contributed by atoms with van der Waals surface area (Å²) >= 11 is 3.53. The molecule has 3 rings (SSSR count). The van der Waals surface area contributed by atoms with Crippen LogP contribution in [0.15, 0.2) is 22.7 Å². The van der Waals surface area contributed by atoms with E-state index in [4.69, 9.17) is 11.1 Å². The fraction of sp³-hybridized carbons (Fsp3) is 0.562. The Morgan fingerprint density at radius 3 is 2.35 bits per heavy atom. The number of rotatable bonds is 2. The second kappa shape index (κ2) is 5.40. The fourth-order valence-corrected chi connectivity index (χ4v) is 4.36. The van der Waals surface area contributed by atoms with Crippen LogP contribution in [0.3, 0.4) is 0 Å². The smallest absolute Gasteiger partial charge is 0.123 e. The molecule has 1 saturated carbocycles. The van der Waals surface area contributed by atoms with Crippen LogP contribution in [0.2, 0.25) is 0 Å². The van der Waals surface area contributed by atoms with Crippen molar-refractivity contribution in [1.29, 1.82) is 5.41 Å². The maximum absolute atomic E-state index is 7.53. The zero-order valence-electron chi connectivity index (χ0n) is 11.8. The largest absolute Gasteiger partial charge is 0.384 e. The molecule has 1 saturated heterocycles. The predicted octanol–water partition coefficient (Wildman–Crippen LogP) is 3.89. The van der Waals surface area contributed by atoms with Gasteiger partial charge in [0.25, 0.3) is 0 Å². The van der Waals surface area contributed by atoms with E-state index in [0.29, 0.717) is 5.41 Å². The van der Waals surface area contributed by atoms with Gasteiger partial charge in [-0.2, -0.15) is 0 Å². The van der Waals surface area contributed by atoms with Gasteiger partial charge >= 0.3 is 0 Å². The third-order valence-electron chi connectivity index (χ3n) is 5.10. The number of nitrogens with one attached hydrogen (secondary N) is 1. The molecule has 1 aromatic rings. The number of anilines is 1. The van der Waals surface area contributed by atoms with E-state index in [2.05, 4.69) is 33.0 Å². The molecule has 0 bridgehead atoms. The van der Waals surface area contributed by atoms with Gasteiger partial charge in [0.05, 0.1) is 0 Å². The average Bonchev–Trinajstić information content (AvgIpc) is 2.87. The summed E-state index contributed by atoms with van der Waals surface area (Å²) in [6.45, 7) is 2.32.